The monoisotopic (exact) mass is 139 g/mol. The molecule has 0 spiro atoms. The largest absolute Gasteiger partial charge is 0.380 e. The number of nitrogens with one attached hydrogen (secondary N) is 1. The first kappa shape index (κ1) is 5.56. The highest BCUT2D eigenvalue weighted by Gasteiger charge is 2.64. The zero-order chi connectivity index (χ0) is 6.66. The van der Waals surface area contributed by atoms with E-state index in [1.807, 2.05) is 0 Å². The molecule has 1 aliphatic carbocycles. The van der Waals surface area contributed by atoms with Crippen LogP contribution in [0.15, 0.2) is 0 Å². The van der Waals surface area contributed by atoms with Crippen LogP contribution in [0.2, 0.25) is 0 Å². The van der Waals surface area contributed by atoms with E-state index in [4.69, 9.17) is 4.74 Å². The fraction of sp³-hybridized carbons (Fsp3) is 1.00. The van der Waals surface area contributed by atoms with Crippen LogP contribution in [0.1, 0.15) is 12.8 Å². The van der Waals surface area contributed by atoms with Crippen LogP contribution in [0.4, 0.5) is 0 Å². The minimum atomic E-state index is 0.590. The smallest absolute Gasteiger partial charge is 0.0541 e. The van der Waals surface area contributed by atoms with Gasteiger partial charge in [0.2, 0.25) is 0 Å². The van der Waals surface area contributed by atoms with Crippen LogP contribution in [0.3, 0.4) is 0 Å². The zero-order valence-corrected chi connectivity index (χ0v) is 6.15. The standard InChI is InChI=1S/C8H13NO/c1-2-8-4-9-3-7(1,8)5-10-6-8/h9H,1-6H2. The lowest BCUT2D eigenvalue weighted by Gasteiger charge is -2.48. The van der Waals surface area contributed by atoms with Gasteiger partial charge in [-0.25, -0.2) is 0 Å². The van der Waals surface area contributed by atoms with E-state index in [0.717, 1.165) is 13.2 Å². The Morgan fingerprint density at radius 1 is 1.00 bits per heavy atom. The predicted octanol–water partition coefficient (Wildman–Crippen LogP) is 0.386. The minimum Gasteiger partial charge on any atom is -0.380 e. The lowest BCUT2D eigenvalue weighted by atomic mass is 9.53. The van der Waals surface area contributed by atoms with E-state index >= 15 is 0 Å². The summed E-state index contributed by atoms with van der Waals surface area (Å²) in [5.41, 5.74) is 1.18. The van der Waals surface area contributed by atoms with Crippen LogP contribution in [0.25, 0.3) is 0 Å². The summed E-state index contributed by atoms with van der Waals surface area (Å²) in [5, 5.41) is 3.49. The highest BCUT2D eigenvalue weighted by Crippen LogP contribution is 2.62. The second-order valence-electron chi connectivity index (χ2n) is 4.16. The molecular formula is C8H13NO. The van der Waals surface area contributed by atoms with Crippen molar-refractivity contribution >= 4 is 0 Å². The molecule has 2 aliphatic heterocycles. The van der Waals surface area contributed by atoms with Gasteiger partial charge in [-0.3, -0.25) is 0 Å². The lowest BCUT2D eigenvalue weighted by molar-refractivity contribution is 0.0255. The summed E-state index contributed by atoms with van der Waals surface area (Å²) in [5.74, 6) is 0. The summed E-state index contributed by atoms with van der Waals surface area (Å²) < 4.78 is 5.54. The molecule has 3 rings (SSSR count). The highest BCUT2D eigenvalue weighted by atomic mass is 16.5. The Labute approximate surface area is 60.9 Å². The maximum absolute atomic E-state index is 5.54. The SMILES string of the molecule is C1CC23CNCC12COC3. The van der Waals surface area contributed by atoms with Crippen molar-refractivity contribution in [2.75, 3.05) is 26.3 Å². The quantitative estimate of drug-likeness (QED) is 0.524. The van der Waals surface area contributed by atoms with E-state index in [1.165, 1.54) is 25.9 Å². The van der Waals surface area contributed by atoms with E-state index in [2.05, 4.69) is 5.32 Å². The molecule has 0 aromatic carbocycles. The van der Waals surface area contributed by atoms with Gasteiger partial charge in [0.05, 0.1) is 13.2 Å². The van der Waals surface area contributed by atoms with Gasteiger partial charge in [0.1, 0.15) is 0 Å². The molecule has 0 radical (unpaired) electrons. The molecule has 2 unspecified atom stereocenters. The average molecular weight is 139 g/mol. The Kier molecular flexibility index (Phi) is 0.783. The fourth-order valence-corrected chi connectivity index (χ4v) is 2.92. The average Bonchev–Trinajstić information content (AvgIpc) is 2.16. The van der Waals surface area contributed by atoms with Gasteiger partial charge in [-0.15, -0.1) is 0 Å². The molecule has 1 N–H and O–H groups in total. The summed E-state index contributed by atoms with van der Waals surface area (Å²) >= 11 is 0. The van der Waals surface area contributed by atoms with Crippen molar-refractivity contribution < 1.29 is 4.74 Å². The van der Waals surface area contributed by atoms with Crippen LogP contribution in [0.5, 0.6) is 0 Å². The van der Waals surface area contributed by atoms with Crippen molar-refractivity contribution in [3.05, 3.63) is 0 Å². The van der Waals surface area contributed by atoms with Gasteiger partial charge in [0, 0.05) is 23.9 Å². The molecule has 2 heteroatoms. The van der Waals surface area contributed by atoms with Crippen LogP contribution >= 0.6 is 0 Å². The van der Waals surface area contributed by atoms with Crippen molar-refractivity contribution in [1.29, 1.82) is 0 Å². The minimum absolute atomic E-state index is 0.590. The van der Waals surface area contributed by atoms with E-state index in [-0.39, 0.29) is 0 Å². The molecule has 0 bridgehead atoms. The second-order valence-corrected chi connectivity index (χ2v) is 4.16. The Bertz CT molecular complexity index is 150. The summed E-state index contributed by atoms with van der Waals surface area (Å²) in [7, 11) is 0. The molecule has 3 aliphatic rings. The third-order valence-corrected chi connectivity index (χ3v) is 3.89. The van der Waals surface area contributed by atoms with Crippen molar-refractivity contribution in [2.24, 2.45) is 10.8 Å². The third kappa shape index (κ3) is 0.372. The Morgan fingerprint density at radius 3 is 2.10 bits per heavy atom. The van der Waals surface area contributed by atoms with Gasteiger partial charge in [-0.2, -0.15) is 0 Å². The van der Waals surface area contributed by atoms with E-state index in [9.17, 15) is 0 Å². The summed E-state index contributed by atoms with van der Waals surface area (Å²) in [6.45, 7) is 4.49. The number of ether oxygens (including phenoxy) is 1. The summed E-state index contributed by atoms with van der Waals surface area (Å²) in [4.78, 5) is 0. The normalized spacial score (nSPS) is 57.6. The third-order valence-electron chi connectivity index (χ3n) is 3.89. The first-order valence-electron chi connectivity index (χ1n) is 4.16. The number of rotatable bonds is 0. The highest BCUT2D eigenvalue weighted by molar-refractivity contribution is 5.15. The number of hydrogen-bond acceptors (Lipinski definition) is 2. The molecule has 0 aromatic heterocycles. The van der Waals surface area contributed by atoms with Crippen LogP contribution < -0.4 is 5.32 Å². The number of hydrogen-bond donors (Lipinski definition) is 1. The molecule has 56 valence electrons. The van der Waals surface area contributed by atoms with Gasteiger partial charge < -0.3 is 10.1 Å². The summed E-state index contributed by atoms with van der Waals surface area (Å²) in [6.07, 6.45) is 2.81. The van der Waals surface area contributed by atoms with Crippen molar-refractivity contribution in [2.45, 2.75) is 12.8 Å². The van der Waals surface area contributed by atoms with Crippen LogP contribution in [-0.4, -0.2) is 26.3 Å². The first-order valence-corrected chi connectivity index (χ1v) is 4.16. The predicted molar refractivity (Wildman–Crippen MR) is 37.8 cm³/mol. The Balaban J connectivity index is 2.05. The van der Waals surface area contributed by atoms with Crippen molar-refractivity contribution in [1.82, 2.24) is 5.32 Å². The van der Waals surface area contributed by atoms with Gasteiger partial charge in [0.25, 0.3) is 0 Å². The zero-order valence-electron chi connectivity index (χ0n) is 6.15. The molecule has 2 saturated heterocycles. The van der Waals surface area contributed by atoms with E-state index in [0.29, 0.717) is 10.8 Å². The molecule has 10 heavy (non-hydrogen) atoms. The van der Waals surface area contributed by atoms with Crippen LogP contribution in [-0.2, 0) is 4.74 Å². The summed E-state index contributed by atoms with van der Waals surface area (Å²) in [6, 6.07) is 0. The van der Waals surface area contributed by atoms with Gasteiger partial charge >= 0.3 is 0 Å². The van der Waals surface area contributed by atoms with Crippen molar-refractivity contribution in [3.63, 3.8) is 0 Å². The molecule has 2 heterocycles. The van der Waals surface area contributed by atoms with Gasteiger partial charge in [-0.05, 0) is 12.8 Å². The Morgan fingerprint density at radius 2 is 1.60 bits per heavy atom. The lowest BCUT2D eigenvalue weighted by Crippen LogP contribution is -2.49. The first-order chi connectivity index (χ1) is 4.87. The van der Waals surface area contributed by atoms with E-state index in [1.54, 1.807) is 0 Å². The molecule has 0 aromatic rings. The molecular weight excluding hydrogens is 126 g/mol. The Hall–Kier alpha value is -0.0800. The molecule has 2 atom stereocenters. The topological polar surface area (TPSA) is 21.3 Å². The maximum Gasteiger partial charge on any atom is 0.0541 e. The van der Waals surface area contributed by atoms with Crippen LogP contribution in [0, 0.1) is 10.8 Å². The fourth-order valence-electron chi connectivity index (χ4n) is 2.92. The molecule has 3 fully saturated rings. The maximum atomic E-state index is 5.54. The van der Waals surface area contributed by atoms with Gasteiger partial charge in [0.15, 0.2) is 0 Å². The van der Waals surface area contributed by atoms with E-state index < -0.39 is 0 Å². The van der Waals surface area contributed by atoms with Gasteiger partial charge in [-0.1, -0.05) is 0 Å². The molecule has 0 amide bonds. The van der Waals surface area contributed by atoms with Crippen molar-refractivity contribution in [3.8, 4) is 0 Å². The molecule has 1 saturated carbocycles. The second kappa shape index (κ2) is 1.41. The molecule has 2 nitrogen and oxygen atoms in total.